The van der Waals surface area contributed by atoms with Gasteiger partial charge in [0.2, 0.25) is 21.8 Å². The van der Waals surface area contributed by atoms with Crippen LogP contribution in [0, 0.1) is 5.92 Å². The molecular weight excluding hydrogens is 442 g/mol. The second-order valence-electron chi connectivity index (χ2n) is 8.51. The molecule has 0 radical (unpaired) electrons. The first kappa shape index (κ1) is 23.3. The maximum Gasteiger partial charge on any atom is 0.243 e. The zero-order valence-electron chi connectivity index (χ0n) is 18.6. The Kier molecular flexibility index (Phi) is 6.99. The van der Waals surface area contributed by atoms with Crippen LogP contribution >= 0.6 is 0 Å². The Morgan fingerprint density at radius 3 is 2.52 bits per heavy atom. The van der Waals surface area contributed by atoms with Crippen molar-refractivity contribution in [1.82, 2.24) is 9.62 Å². The number of para-hydroxylation sites is 1. The van der Waals surface area contributed by atoms with Crippen LogP contribution in [0.5, 0.6) is 5.75 Å². The Balaban J connectivity index is 1.24. The molecule has 176 valence electrons. The number of ether oxygens (including phenoxy) is 1. The van der Waals surface area contributed by atoms with Crippen LogP contribution in [0.1, 0.15) is 31.2 Å². The molecule has 0 spiro atoms. The van der Waals surface area contributed by atoms with E-state index in [1.807, 2.05) is 24.3 Å². The number of methoxy groups -OCH3 is 1. The average Bonchev–Trinajstić information content (AvgIpc) is 2.83. The second-order valence-corrected chi connectivity index (χ2v) is 10.4. The molecule has 1 fully saturated rings. The zero-order chi connectivity index (χ0) is 23.4. The Labute approximate surface area is 194 Å². The lowest BCUT2D eigenvalue weighted by molar-refractivity contribution is -0.123. The summed E-state index contributed by atoms with van der Waals surface area (Å²) >= 11 is 0. The lowest BCUT2D eigenvalue weighted by Crippen LogP contribution is -2.46. The van der Waals surface area contributed by atoms with Gasteiger partial charge in [0.25, 0.3) is 0 Å². The summed E-state index contributed by atoms with van der Waals surface area (Å²) in [4.78, 5) is 25.0. The molecule has 2 heterocycles. The van der Waals surface area contributed by atoms with Crippen molar-refractivity contribution in [2.45, 2.75) is 43.0 Å². The number of benzene rings is 2. The van der Waals surface area contributed by atoms with Gasteiger partial charge in [-0.2, -0.15) is 4.31 Å². The molecule has 0 bridgehead atoms. The molecule has 2 N–H and O–H groups in total. The van der Waals surface area contributed by atoms with Gasteiger partial charge in [-0.15, -0.1) is 0 Å². The Hall–Kier alpha value is -2.91. The number of anilines is 1. The molecule has 1 atom stereocenters. The largest absolute Gasteiger partial charge is 0.497 e. The minimum atomic E-state index is -3.57. The number of nitrogens with zero attached hydrogens (tertiary/aromatic N) is 1. The highest BCUT2D eigenvalue weighted by molar-refractivity contribution is 7.89. The zero-order valence-corrected chi connectivity index (χ0v) is 19.4. The Morgan fingerprint density at radius 1 is 1.12 bits per heavy atom. The predicted octanol–water partition coefficient (Wildman–Crippen LogP) is 2.56. The number of hydrogen-bond acceptors (Lipinski definition) is 5. The fourth-order valence-corrected chi connectivity index (χ4v) is 5.86. The van der Waals surface area contributed by atoms with Gasteiger partial charge in [0, 0.05) is 37.2 Å². The van der Waals surface area contributed by atoms with Gasteiger partial charge in [-0.05, 0) is 61.6 Å². The summed E-state index contributed by atoms with van der Waals surface area (Å²) in [5, 5.41) is 5.92. The van der Waals surface area contributed by atoms with Crippen molar-refractivity contribution in [3.8, 4) is 5.75 Å². The van der Waals surface area contributed by atoms with Gasteiger partial charge in [0.15, 0.2) is 0 Å². The highest BCUT2D eigenvalue weighted by Gasteiger charge is 2.31. The molecule has 0 aromatic heterocycles. The number of carbonyl (C=O) groups is 2. The van der Waals surface area contributed by atoms with Gasteiger partial charge in [-0.3, -0.25) is 9.59 Å². The summed E-state index contributed by atoms with van der Waals surface area (Å²) in [5.74, 6) is 0.240. The third-order valence-corrected chi connectivity index (χ3v) is 8.26. The summed E-state index contributed by atoms with van der Waals surface area (Å²) in [6, 6.07) is 14.0. The van der Waals surface area contributed by atoms with Crippen LogP contribution in [0.15, 0.2) is 53.4 Å². The van der Waals surface area contributed by atoms with Crippen molar-refractivity contribution in [1.29, 1.82) is 0 Å². The minimum Gasteiger partial charge on any atom is -0.497 e. The lowest BCUT2D eigenvalue weighted by Gasteiger charge is -2.31. The molecule has 2 aromatic carbocycles. The number of rotatable bonds is 7. The topological polar surface area (TPSA) is 105 Å². The van der Waals surface area contributed by atoms with Crippen molar-refractivity contribution in [2.24, 2.45) is 5.92 Å². The first-order valence-electron chi connectivity index (χ1n) is 11.2. The molecule has 1 saturated heterocycles. The van der Waals surface area contributed by atoms with Crippen LogP contribution in [-0.4, -0.2) is 50.8 Å². The number of sulfonamides is 1. The number of piperidine rings is 1. The van der Waals surface area contributed by atoms with Crippen molar-refractivity contribution in [3.63, 3.8) is 0 Å². The summed E-state index contributed by atoms with van der Waals surface area (Å²) in [7, 11) is -2.04. The van der Waals surface area contributed by atoms with E-state index in [2.05, 4.69) is 10.6 Å². The first-order chi connectivity index (χ1) is 15.9. The molecule has 0 aliphatic carbocycles. The van der Waals surface area contributed by atoms with Crippen LogP contribution in [-0.2, 0) is 26.0 Å². The van der Waals surface area contributed by atoms with Crippen molar-refractivity contribution in [3.05, 3.63) is 54.1 Å². The van der Waals surface area contributed by atoms with Crippen LogP contribution < -0.4 is 15.4 Å². The third kappa shape index (κ3) is 5.36. The van der Waals surface area contributed by atoms with Gasteiger partial charge < -0.3 is 15.4 Å². The molecule has 2 amide bonds. The van der Waals surface area contributed by atoms with E-state index < -0.39 is 10.0 Å². The maximum absolute atomic E-state index is 12.9. The highest BCUT2D eigenvalue weighted by atomic mass is 32.2. The Bertz CT molecular complexity index is 1110. The van der Waals surface area contributed by atoms with E-state index in [4.69, 9.17) is 4.74 Å². The number of carbonyl (C=O) groups excluding carboxylic acids is 2. The second kappa shape index (κ2) is 9.93. The monoisotopic (exact) mass is 471 g/mol. The van der Waals surface area contributed by atoms with Crippen molar-refractivity contribution in [2.75, 3.05) is 25.5 Å². The molecule has 2 aliphatic rings. The summed E-state index contributed by atoms with van der Waals surface area (Å²) in [5.41, 5.74) is 1.94. The third-order valence-electron chi connectivity index (χ3n) is 6.35. The van der Waals surface area contributed by atoms with E-state index in [9.17, 15) is 18.0 Å². The molecular formula is C24H29N3O5S. The van der Waals surface area contributed by atoms with Crippen LogP contribution in [0.4, 0.5) is 5.69 Å². The fourth-order valence-electron chi connectivity index (χ4n) is 4.39. The number of hydrogen-bond donors (Lipinski definition) is 2. The van der Waals surface area contributed by atoms with E-state index in [0.29, 0.717) is 44.5 Å². The number of nitrogens with one attached hydrogen (secondary N) is 2. The highest BCUT2D eigenvalue weighted by Crippen LogP contribution is 2.28. The van der Waals surface area contributed by atoms with E-state index in [1.165, 1.54) is 11.4 Å². The smallest absolute Gasteiger partial charge is 0.243 e. The van der Waals surface area contributed by atoms with E-state index >= 15 is 0 Å². The Morgan fingerprint density at radius 2 is 1.82 bits per heavy atom. The van der Waals surface area contributed by atoms with Crippen LogP contribution in [0.2, 0.25) is 0 Å². The summed E-state index contributed by atoms with van der Waals surface area (Å²) in [6.45, 7) is 0.697. The van der Waals surface area contributed by atoms with E-state index in [1.54, 1.807) is 24.3 Å². The van der Waals surface area contributed by atoms with Crippen LogP contribution in [0.25, 0.3) is 0 Å². The molecule has 4 rings (SSSR count). The molecule has 9 heteroatoms. The molecule has 0 unspecified atom stereocenters. The maximum atomic E-state index is 12.9. The average molecular weight is 472 g/mol. The van der Waals surface area contributed by atoms with E-state index in [-0.39, 0.29) is 35.1 Å². The van der Waals surface area contributed by atoms with Gasteiger partial charge >= 0.3 is 0 Å². The number of amides is 2. The van der Waals surface area contributed by atoms with Gasteiger partial charge in [-0.25, -0.2) is 8.42 Å². The van der Waals surface area contributed by atoms with Crippen LogP contribution in [0.3, 0.4) is 0 Å². The molecule has 2 aliphatic heterocycles. The van der Waals surface area contributed by atoms with Gasteiger partial charge in [-0.1, -0.05) is 18.2 Å². The van der Waals surface area contributed by atoms with Gasteiger partial charge in [0.05, 0.1) is 12.0 Å². The fraction of sp³-hybridized carbons (Fsp3) is 0.417. The minimum absolute atomic E-state index is 0.0430. The number of fused-ring (bicyclic) bond motifs is 1. The standard InChI is InChI=1S/C24H29N3O5S/c1-32-20-7-9-21(10-8-20)33(30,31)27-14-12-19(13-15-27)25-23(28)11-6-18-16-17-4-2-3-5-22(17)26-24(18)29/h2-5,7-10,18-19H,6,11-16H2,1H3,(H,25,28)(H,26,29)/t18-/m0/s1. The summed E-state index contributed by atoms with van der Waals surface area (Å²) < 4.78 is 32.3. The van der Waals surface area contributed by atoms with Crippen molar-refractivity contribution >= 4 is 27.5 Å². The quantitative estimate of drug-likeness (QED) is 0.646. The molecule has 2 aromatic rings. The predicted molar refractivity (Wildman–Crippen MR) is 124 cm³/mol. The first-order valence-corrected chi connectivity index (χ1v) is 12.6. The lowest BCUT2D eigenvalue weighted by atomic mass is 9.89. The molecule has 0 saturated carbocycles. The molecule has 33 heavy (non-hydrogen) atoms. The van der Waals surface area contributed by atoms with Gasteiger partial charge in [0.1, 0.15) is 5.75 Å². The molecule has 8 nitrogen and oxygen atoms in total. The normalized spacial score (nSPS) is 19.4. The summed E-state index contributed by atoms with van der Waals surface area (Å²) in [6.07, 6.45) is 2.50. The SMILES string of the molecule is COc1ccc(S(=O)(=O)N2CCC(NC(=O)CC[C@H]3Cc4ccccc4NC3=O)CC2)cc1. The van der Waals surface area contributed by atoms with Crippen molar-refractivity contribution < 1.29 is 22.7 Å². The van der Waals surface area contributed by atoms with E-state index in [0.717, 1.165) is 11.3 Å².